The summed E-state index contributed by atoms with van der Waals surface area (Å²) in [6, 6.07) is 16.7. The van der Waals surface area contributed by atoms with E-state index in [9.17, 15) is 19.8 Å². The predicted molar refractivity (Wildman–Crippen MR) is 139 cm³/mol. The van der Waals surface area contributed by atoms with E-state index in [0.29, 0.717) is 41.2 Å². The number of hydrogen-bond donors (Lipinski definition) is 3. The van der Waals surface area contributed by atoms with Crippen molar-refractivity contribution in [2.75, 3.05) is 13.7 Å². The van der Waals surface area contributed by atoms with Crippen LogP contribution in [-0.4, -0.2) is 54.9 Å². The fourth-order valence-electron chi connectivity index (χ4n) is 4.08. The number of phenols is 1. The highest BCUT2D eigenvalue weighted by atomic mass is 16.5. The average Bonchev–Trinajstić information content (AvgIpc) is 3.32. The third-order valence-electron chi connectivity index (χ3n) is 5.90. The molecule has 2 heterocycles. The number of aromatic amines is 1. The van der Waals surface area contributed by atoms with Crippen LogP contribution in [0.5, 0.6) is 17.2 Å². The van der Waals surface area contributed by atoms with Gasteiger partial charge in [-0.2, -0.15) is 0 Å². The number of fused-ring (bicyclic) bond motifs is 1. The lowest BCUT2D eigenvalue weighted by Gasteiger charge is -2.13. The number of H-pyrrole nitrogens is 1. The van der Waals surface area contributed by atoms with Crippen molar-refractivity contribution in [3.63, 3.8) is 0 Å². The summed E-state index contributed by atoms with van der Waals surface area (Å²) in [5.74, 6) is 0.0837. The van der Waals surface area contributed by atoms with Crippen molar-refractivity contribution in [1.29, 1.82) is 0 Å². The number of ether oxygens (including phenoxy) is 2. The Hall–Kier alpha value is -5.19. The minimum atomic E-state index is -1.15. The Labute approximate surface area is 215 Å². The molecular formula is C27H23N5O6. The highest BCUT2D eigenvalue weighted by Gasteiger charge is 2.17. The molecule has 0 unspecified atom stereocenters. The summed E-state index contributed by atoms with van der Waals surface area (Å²) >= 11 is 0. The lowest BCUT2D eigenvalue weighted by atomic mass is 10.00. The number of benzene rings is 3. The molecule has 11 nitrogen and oxygen atoms in total. The summed E-state index contributed by atoms with van der Waals surface area (Å²) in [4.78, 5) is 31.7. The van der Waals surface area contributed by atoms with Gasteiger partial charge in [0.05, 0.1) is 31.4 Å². The first-order valence-electron chi connectivity index (χ1n) is 11.7. The highest BCUT2D eigenvalue weighted by Crippen LogP contribution is 2.34. The number of phenolic OH excluding ortho intramolecular Hbond substituents is 1. The molecule has 0 spiro atoms. The van der Waals surface area contributed by atoms with Gasteiger partial charge in [-0.15, -0.1) is 5.10 Å². The number of nitrogens with zero attached hydrogens (tertiary/aromatic N) is 4. The van der Waals surface area contributed by atoms with Gasteiger partial charge < -0.3 is 24.7 Å². The number of carbonyl (C=O) groups is 1. The maximum Gasteiger partial charge on any atom is 0.335 e. The van der Waals surface area contributed by atoms with Crippen molar-refractivity contribution in [1.82, 2.24) is 25.0 Å². The number of rotatable bonds is 8. The fourth-order valence-corrected chi connectivity index (χ4v) is 4.08. The fraction of sp³-hybridized carbons (Fsp3) is 0.148. The first-order chi connectivity index (χ1) is 18.4. The minimum Gasteiger partial charge on any atom is -0.508 e. The maximum absolute atomic E-state index is 12.9. The first kappa shape index (κ1) is 24.5. The normalized spacial score (nSPS) is 11.0. The molecule has 5 rings (SSSR count). The zero-order valence-electron chi connectivity index (χ0n) is 20.5. The monoisotopic (exact) mass is 513 g/mol. The largest absolute Gasteiger partial charge is 0.508 e. The van der Waals surface area contributed by atoms with Gasteiger partial charge in [0, 0.05) is 0 Å². The van der Waals surface area contributed by atoms with Crippen molar-refractivity contribution < 1.29 is 24.5 Å². The van der Waals surface area contributed by atoms with Crippen molar-refractivity contribution in [3.05, 3.63) is 82.1 Å². The van der Waals surface area contributed by atoms with Gasteiger partial charge >= 0.3 is 5.97 Å². The number of hydrogen-bond acceptors (Lipinski definition) is 8. The molecule has 3 N–H and O–H groups in total. The van der Waals surface area contributed by atoms with Gasteiger partial charge in [-0.3, -0.25) is 4.79 Å². The molecule has 0 radical (unpaired) electrons. The summed E-state index contributed by atoms with van der Waals surface area (Å²) in [5.41, 5.74) is 2.48. The Balaban J connectivity index is 1.57. The third-order valence-corrected chi connectivity index (χ3v) is 5.90. The van der Waals surface area contributed by atoms with Gasteiger partial charge in [0.2, 0.25) is 0 Å². The van der Waals surface area contributed by atoms with E-state index in [4.69, 9.17) is 9.47 Å². The highest BCUT2D eigenvalue weighted by molar-refractivity contribution is 5.90. The second kappa shape index (κ2) is 10.1. The van der Waals surface area contributed by atoms with Crippen LogP contribution in [0.3, 0.4) is 0 Å². The van der Waals surface area contributed by atoms with Crippen LogP contribution in [0.25, 0.3) is 33.7 Å². The third kappa shape index (κ3) is 4.76. The SMILES string of the molecule is CCOc1cc(-c2cc(O)cc(C(=O)O)c2)ccc1-c1nc2c(nnn2Cc2ccc(OC)cc2)c(=O)[nH]1. The van der Waals surface area contributed by atoms with Gasteiger partial charge in [0.25, 0.3) is 5.56 Å². The summed E-state index contributed by atoms with van der Waals surface area (Å²) in [6.45, 7) is 2.50. The van der Waals surface area contributed by atoms with Crippen LogP contribution in [-0.2, 0) is 6.54 Å². The van der Waals surface area contributed by atoms with Crippen LogP contribution in [0.15, 0.2) is 65.5 Å². The molecule has 192 valence electrons. The summed E-state index contributed by atoms with van der Waals surface area (Å²) < 4.78 is 12.6. The quantitative estimate of drug-likeness (QED) is 0.282. The van der Waals surface area contributed by atoms with Crippen molar-refractivity contribution in [2.45, 2.75) is 13.5 Å². The topological polar surface area (TPSA) is 152 Å². The van der Waals surface area contributed by atoms with Crippen molar-refractivity contribution in [3.8, 4) is 39.8 Å². The molecule has 0 atom stereocenters. The van der Waals surface area contributed by atoms with Crippen LogP contribution in [0.1, 0.15) is 22.8 Å². The Morgan fingerprint density at radius 2 is 1.84 bits per heavy atom. The van der Waals surface area contributed by atoms with Crippen LogP contribution < -0.4 is 15.0 Å². The minimum absolute atomic E-state index is 0.0453. The summed E-state index contributed by atoms with van der Waals surface area (Å²) in [5, 5.41) is 27.5. The van der Waals surface area contributed by atoms with Gasteiger partial charge in [-0.1, -0.05) is 23.4 Å². The number of aromatic carboxylic acids is 1. The Morgan fingerprint density at radius 1 is 1.05 bits per heavy atom. The van der Waals surface area contributed by atoms with E-state index >= 15 is 0 Å². The molecule has 0 fully saturated rings. The second-order valence-electron chi connectivity index (χ2n) is 8.40. The van der Waals surface area contributed by atoms with E-state index in [-0.39, 0.29) is 22.7 Å². The van der Waals surface area contributed by atoms with E-state index in [1.807, 2.05) is 31.2 Å². The Kier molecular flexibility index (Phi) is 6.48. The standard InChI is InChI=1S/C27H23N5O6/c1-3-38-22-13-16(17-10-18(27(35)36)12-19(33)11-17)6-9-21(22)24-28-25-23(26(34)29-24)30-31-32(25)14-15-4-7-20(37-2)8-5-15/h4-13,33H,3,14H2,1-2H3,(H,35,36)(H,28,29,34). The average molecular weight is 514 g/mol. The van der Waals surface area contributed by atoms with Gasteiger partial charge in [-0.05, 0) is 66.1 Å². The zero-order valence-corrected chi connectivity index (χ0v) is 20.5. The number of carboxylic acids is 1. The van der Waals surface area contributed by atoms with Crippen LogP contribution in [0.2, 0.25) is 0 Å². The van der Waals surface area contributed by atoms with Crippen LogP contribution in [0, 0.1) is 0 Å². The molecule has 11 heteroatoms. The summed E-state index contributed by atoms with van der Waals surface area (Å²) in [6.07, 6.45) is 0. The molecule has 3 aromatic carbocycles. The van der Waals surface area contributed by atoms with Crippen molar-refractivity contribution >= 4 is 17.1 Å². The molecule has 0 bridgehead atoms. The van der Waals surface area contributed by atoms with E-state index in [1.54, 1.807) is 30.0 Å². The smallest absolute Gasteiger partial charge is 0.335 e. The number of aromatic hydroxyl groups is 1. The van der Waals surface area contributed by atoms with E-state index in [1.165, 1.54) is 18.2 Å². The van der Waals surface area contributed by atoms with E-state index in [2.05, 4.69) is 20.3 Å². The second-order valence-corrected chi connectivity index (χ2v) is 8.40. The molecule has 5 aromatic rings. The van der Waals surface area contributed by atoms with Gasteiger partial charge in [0.1, 0.15) is 23.1 Å². The lowest BCUT2D eigenvalue weighted by molar-refractivity contribution is 0.0696. The number of methoxy groups -OCH3 is 1. The van der Waals surface area contributed by atoms with Crippen LogP contribution >= 0.6 is 0 Å². The first-order valence-corrected chi connectivity index (χ1v) is 11.7. The molecule has 0 aliphatic carbocycles. The molecule has 0 aliphatic heterocycles. The number of carboxylic acid groups (broad SMARTS) is 1. The molecule has 0 amide bonds. The molecule has 2 aromatic heterocycles. The van der Waals surface area contributed by atoms with Gasteiger partial charge in [-0.25, -0.2) is 14.5 Å². The van der Waals surface area contributed by atoms with Gasteiger partial charge in [0.15, 0.2) is 11.2 Å². The Morgan fingerprint density at radius 3 is 2.55 bits per heavy atom. The number of aromatic nitrogens is 5. The molecular weight excluding hydrogens is 490 g/mol. The number of nitrogens with one attached hydrogen (secondary N) is 1. The van der Waals surface area contributed by atoms with Crippen LogP contribution in [0.4, 0.5) is 0 Å². The van der Waals surface area contributed by atoms with E-state index < -0.39 is 11.5 Å². The predicted octanol–water partition coefficient (Wildman–Crippen LogP) is 3.71. The van der Waals surface area contributed by atoms with Crippen molar-refractivity contribution in [2.24, 2.45) is 0 Å². The molecule has 0 saturated heterocycles. The summed E-state index contributed by atoms with van der Waals surface area (Å²) in [7, 11) is 1.59. The maximum atomic E-state index is 12.9. The molecule has 0 saturated carbocycles. The zero-order chi connectivity index (χ0) is 26.8. The lowest BCUT2D eigenvalue weighted by Crippen LogP contribution is -2.12. The Bertz CT molecular complexity index is 1710. The molecule has 38 heavy (non-hydrogen) atoms. The molecule has 0 aliphatic rings. The van der Waals surface area contributed by atoms with E-state index in [0.717, 1.165) is 11.3 Å².